The topological polar surface area (TPSA) is 29.5 Å². The van der Waals surface area contributed by atoms with Crippen LogP contribution in [0.4, 0.5) is 0 Å². The second kappa shape index (κ2) is 7.06. The predicted octanol–water partition coefficient (Wildman–Crippen LogP) is 3.67. The number of hydrogen-bond donors (Lipinski definition) is 1. The summed E-state index contributed by atoms with van der Waals surface area (Å²) in [6.07, 6.45) is 5.08. The molecule has 1 N–H and O–H groups in total. The highest BCUT2D eigenvalue weighted by Gasteiger charge is 2.17. The van der Waals surface area contributed by atoms with Gasteiger partial charge >= 0.3 is 0 Å². The lowest BCUT2D eigenvalue weighted by molar-refractivity contribution is 0.0813. The highest BCUT2D eigenvalue weighted by atomic mass is 16.5. The number of benzene rings is 1. The first-order chi connectivity index (χ1) is 9.15. The molecule has 0 bridgehead atoms. The number of ether oxygens (including phenoxy) is 1. The molecule has 1 aromatic carbocycles. The molecule has 0 amide bonds. The molecule has 1 aliphatic heterocycles. The molecule has 2 heteroatoms. The van der Waals surface area contributed by atoms with E-state index in [0.29, 0.717) is 12.0 Å². The van der Waals surface area contributed by atoms with Crippen molar-refractivity contribution in [2.24, 2.45) is 0 Å². The minimum Gasteiger partial charge on any atom is -0.393 e. The number of aliphatic hydroxyl groups is 1. The SMILES string of the molecule is CC(C)c1ccc(CC(O)CCC2CCCO2)cc1. The van der Waals surface area contributed by atoms with Crippen LogP contribution in [0.15, 0.2) is 24.3 Å². The van der Waals surface area contributed by atoms with E-state index in [-0.39, 0.29) is 6.10 Å². The van der Waals surface area contributed by atoms with E-state index in [1.807, 2.05) is 0 Å². The summed E-state index contributed by atoms with van der Waals surface area (Å²) in [5.41, 5.74) is 2.59. The summed E-state index contributed by atoms with van der Waals surface area (Å²) in [5.74, 6) is 0.568. The largest absolute Gasteiger partial charge is 0.393 e. The van der Waals surface area contributed by atoms with Crippen molar-refractivity contribution in [3.63, 3.8) is 0 Å². The fourth-order valence-electron chi connectivity index (χ4n) is 2.66. The van der Waals surface area contributed by atoms with Crippen LogP contribution in [-0.2, 0) is 11.2 Å². The maximum absolute atomic E-state index is 10.1. The fraction of sp³-hybridized carbons (Fsp3) is 0.647. The normalized spacial score (nSPS) is 20.9. The molecule has 0 spiro atoms. The fourth-order valence-corrected chi connectivity index (χ4v) is 2.66. The average Bonchev–Trinajstić information content (AvgIpc) is 2.90. The second-order valence-corrected chi connectivity index (χ2v) is 5.97. The van der Waals surface area contributed by atoms with E-state index in [1.165, 1.54) is 17.5 Å². The lowest BCUT2D eigenvalue weighted by Crippen LogP contribution is -2.15. The molecular weight excluding hydrogens is 236 g/mol. The Bertz CT molecular complexity index is 363. The summed E-state index contributed by atoms with van der Waals surface area (Å²) in [6, 6.07) is 8.63. The maximum Gasteiger partial charge on any atom is 0.0581 e. The van der Waals surface area contributed by atoms with Crippen molar-refractivity contribution in [2.75, 3.05) is 6.61 Å². The Labute approximate surface area is 116 Å². The molecule has 1 saturated heterocycles. The van der Waals surface area contributed by atoms with Crippen molar-refractivity contribution in [3.8, 4) is 0 Å². The van der Waals surface area contributed by atoms with Crippen LogP contribution < -0.4 is 0 Å². The average molecular weight is 262 g/mol. The van der Waals surface area contributed by atoms with Gasteiger partial charge in [0.1, 0.15) is 0 Å². The number of aliphatic hydroxyl groups excluding tert-OH is 1. The van der Waals surface area contributed by atoms with E-state index in [9.17, 15) is 5.11 Å². The van der Waals surface area contributed by atoms with E-state index < -0.39 is 0 Å². The Balaban J connectivity index is 1.76. The monoisotopic (exact) mass is 262 g/mol. The highest BCUT2D eigenvalue weighted by molar-refractivity contribution is 5.25. The van der Waals surface area contributed by atoms with E-state index >= 15 is 0 Å². The van der Waals surface area contributed by atoms with Crippen LogP contribution in [0.3, 0.4) is 0 Å². The van der Waals surface area contributed by atoms with Crippen LogP contribution in [0.25, 0.3) is 0 Å². The van der Waals surface area contributed by atoms with Crippen molar-refractivity contribution in [3.05, 3.63) is 35.4 Å². The first-order valence-corrected chi connectivity index (χ1v) is 7.53. The Kier molecular flexibility index (Phi) is 5.41. The molecule has 0 aliphatic carbocycles. The zero-order valence-electron chi connectivity index (χ0n) is 12.1. The smallest absolute Gasteiger partial charge is 0.0581 e. The summed E-state index contributed by atoms with van der Waals surface area (Å²) in [6.45, 7) is 5.30. The molecule has 1 heterocycles. The van der Waals surface area contributed by atoms with Crippen LogP contribution in [0.1, 0.15) is 56.6 Å². The zero-order valence-corrected chi connectivity index (χ0v) is 12.1. The maximum atomic E-state index is 10.1. The number of rotatable bonds is 6. The Hall–Kier alpha value is -0.860. The van der Waals surface area contributed by atoms with Gasteiger partial charge in [-0.05, 0) is 49.1 Å². The standard InChI is InChI=1S/C17H26O2/c1-13(2)15-7-5-14(6-8-15)12-16(18)9-10-17-4-3-11-19-17/h5-8,13,16-18H,3-4,9-12H2,1-2H3. The van der Waals surface area contributed by atoms with Crippen molar-refractivity contribution in [1.29, 1.82) is 0 Å². The van der Waals surface area contributed by atoms with Gasteiger partial charge in [-0.1, -0.05) is 38.1 Å². The van der Waals surface area contributed by atoms with E-state index in [0.717, 1.165) is 32.3 Å². The predicted molar refractivity (Wildman–Crippen MR) is 78.4 cm³/mol. The van der Waals surface area contributed by atoms with Gasteiger partial charge in [0, 0.05) is 6.61 Å². The van der Waals surface area contributed by atoms with Gasteiger partial charge in [-0.15, -0.1) is 0 Å². The summed E-state index contributed by atoms with van der Waals surface area (Å²) in [5, 5.41) is 10.1. The molecule has 2 nitrogen and oxygen atoms in total. The molecule has 2 rings (SSSR count). The molecular formula is C17H26O2. The Morgan fingerprint density at radius 1 is 1.26 bits per heavy atom. The summed E-state index contributed by atoms with van der Waals surface area (Å²) >= 11 is 0. The van der Waals surface area contributed by atoms with Gasteiger partial charge in [-0.25, -0.2) is 0 Å². The molecule has 1 fully saturated rings. The van der Waals surface area contributed by atoms with Crippen molar-refractivity contribution in [1.82, 2.24) is 0 Å². The minimum absolute atomic E-state index is 0.242. The third-order valence-electron chi connectivity index (χ3n) is 3.96. The number of hydrogen-bond acceptors (Lipinski definition) is 2. The minimum atomic E-state index is -0.242. The Morgan fingerprint density at radius 2 is 2.00 bits per heavy atom. The molecule has 1 aromatic rings. The van der Waals surface area contributed by atoms with Gasteiger partial charge in [0.2, 0.25) is 0 Å². The van der Waals surface area contributed by atoms with Crippen molar-refractivity contribution in [2.45, 2.75) is 64.1 Å². The van der Waals surface area contributed by atoms with Crippen LogP contribution in [0.2, 0.25) is 0 Å². The van der Waals surface area contributed by atoms with Gasteiger partial charge in [-0.3, -0.25) is 0 Å². The lowest BCUT2D eigenvalue weighted by atomic mass is 9.98. The van der Waals surface area contributed by atoms with Gasteiger partial charge in [0.05, 0.1) is 12.2 Å². The molecule has 0 saturated carbocycles. The second-order valence-electron chi connectivity index (χ2n) is 5.97. The molecule has 2 unspecified atom stereocenters. The summed E-state index contributed by atoms with van der Waals surface area (Å²) in [7, 11) is 0. The zero-order chi connectivity index (χ0) is 13.7. The first kappa shape index (κ1) is 14.5. The molecule has 106 valence electrons. The third kappa shape index (κ3) is 4.63. The quantitative estimate of drug-likeness (QED) is 0.847. The van der Waals surface area contributed by atoms with Crippen molar-refractivity contribution < 1.29 is 9.84 Å². The highest BCUT2D eigenvalue weighted by Crippen LogP contribution is 2.20. The van der Waals surface area contributed by atoms with Gasteiger partial charge < -0.3 is 9.84 Å². The van der Waals surface area contributed by atoms with Gasteiger partial charge in [-0.2, -0.15) is 0 Å². The summed E-state index contributed by atoms with van der Waals surface area (Å²) < 4.78 is 5.58. The van der Waals surface area contributed by atoms with Gasteiger partial charge in [0.15, 0.2) is 0 Å². The van der Waals surface area contributed by atoms with Crippen LogP contribution in [-0.4, -0.2) is 23.9 Å². The summed E-state index contributed by atoms with van der Waals surface area (Å²) in [4.78, 5) is 0. The van der Waals surface area contributed by atoms with Crippen LogP contribution in [0, 0.1) is 0 Å². The van der Waals surface area contributed by atoms with E-state index in [2.05, 4.69) is 38.1 Å². The van der Waals surface area contributed by atoms with Crippen molar-refractivity contribution >= 4 is 0 Å². The molecule has 1 aliphatic rings. The molecule has 0 aromatic heterocycles. The third-order valence-corrected chi connectivity index (χ3v) is 3.96. The molecule has 19 heavy (non-hydrogen) atoms. The van der Waals surface area contributed by atoms with Crippen LogP contribution in [0.5, 0.6) is 0 Å². The Morgan fingerprint density at radius 3 is 2.58 bits per heavy atom. The van der Waals surface area contributed by atoms with Crippen LogP contribution >= 0.6 is 0 Å². The lowest BCUT2D eigenvalue weighted by Gasteiger charge is -2.14. The van der Waals surface area contributed by atoms with Gasteiger partial charge in [0.25, 0.3) is 0 Å². The van der Waals surface area contributed by atoms with E-state index in [4.69, 9.17) is 4.74 Å². The molecule has 0 radical (unpaired) electrons. The molecule has 2 atom stereocenters. The first-order valence-electron chi connectivity index (χ1n) is 7.53. The van der Waals surface area contributed by atoms with E-state index in [1.54, 1.807) is 0 Å².